The van der Waals surface area contributed by atoms with E-state index in [1.807, 2.05) is 18.2 Å². The van der Waals surface area contributed by atoms with Crippen LogP contribution < -0.4 is 5.63 Å². The zero-order valence-corrected chi connectivity index (χ0v) is 29.9. The highest BCUT2D eigenvalue weighted by Gasteiger charge is 2.51. The fourth-order valence-electron chi connectivity index (χ4n) is 7.76. The van der Waals surface area contributed by atoms with Crippen molar-refractivity contribution in [2.24, 2.45) is 0 Å². The molecule has 6 heteroatoms. The number of hydrogen-bond acceptors (Lipinski definition) is 6. The summed E-state index contributed by atoms with van der Waals surface area (Å²) in [5, 5.41) is 2.03. The lowest BCUT2D eigenvalue weighted by molar-refractivity contribution is -0.147. The Morgan fingerprint density at radius 1 is 0.816 bits per heavy atom. The van der Waals surface area contributed by atoms with Gasteiger partial charge in [0.25, 0.3) is 0 Å². The predicted octanol–water partition coefficient (Wildman–Crippen LogP) is 10.2. The molecule has 4 aromatic rings. The van der Waals surface area contributed by atoms with Crippen LogP contribution in [0.25, 0.3) is 28.0 Å². The summed E-state index contributed by atoms with van der Waals surface area (Å²) >= 11 is 0. The van der Waals surface area contributed by atoms with Crippen LogP contribution in [-0.4, -0.2) is 29.2 Å². The Hall–Kier alpha value is -3.71. The highest BCUT2D eigenvalue weighted by Crippen LogP contribution is 2.44. The van der Waals surface area contributed by atoms with Gasteiger partial charge in [-0.15, -0.1) is 0 Å². The van der Waals surface area contributed by atoms with Crippen molar-refractivity contribution >= 4 is 28.0 Å². The second kappa shape index (κ2) is 13.2. The number of benzene rings is 2. The summed E-state index contributed by atoms with van der Waals surface area (Å²) in [7, 11) is 0. The molecule has 4 heterocycles. The number of furan rings is 1. The van der Waals surface area contributed by atoms with Crippen LogP contribution in [0, 0.1) is 0 Å². The zero-order chi connectivity index (χ0) is 34.4. The van der Waals surface area contributed by atoms with Crippen LogP contribution in [-0.2, 0) is 33.5 Å². The number of rotatable bonds is 12. The SMILES string of the molecule is C/C(=C\CCc1ccc2c(c1)C[C@@]1(C=C2)OC(CC/C(C)=C/CCc2c3ccoc3cc3oc(=O)ccc23)C(C)(C)O1)CCC1OC1(C)C. The van der Waals surface area contributed by atoms with Crippen LogP contribution in [0.1, 0.15) is 102 Å². The first-order valence-corrected chi connectivity index (χ1v) is 18.0. The van der Waals surface area contributed by atoms with Gasteiger partial charge < -0.3 is 23.0 Å². The Morgan fingerprint density at radius 3 is 2.24 bits per heavy atom. The summed E-state index contributed by atoms with van der Waals surface area (Å²) in [4.78, 5) is 11.8. The van der Waals surface area contributed by atoms with Gasteiger partial charge in [0.1, 0.15) is 11.2 Å². The van der Waals surface area contributed by atoms with Crippen molar-refractivity contribution < 1.29 is 23.0 Å². The third-order valence-electron chi connectivity index (χ3n) is 10.8. The molecular formula is C43H50O6. The molecule has 1 spiro atoms. The molecule has 0 radical (unpaired) electrons. The summed E-state index contributed by atoms with van der Waals surface area (Å²) in [6, 6.07) is 14.0. The maximum atomic E-state index is 11.8. The molecule has 7 rings (SSSR count). The number of epoxide rings is 1. The summed E-state index contributed by atoms with van der Waals surface area (Å²) in [5.41, 5.74) is 8.46. The van der Waals surface area contributed by atoms with Crippen molar-refractivity contribution in [3.63, 3.8) is 0 Å². The van der Waals surface area contributed by atoms with Crippen molar-refractivity contribution in [1.82, 2.24) is 0 Å². The lowest BCUT2D eigenvalue weighted by atomic mass is 9.90. The van der Waals surface area contributed by atoms with Gasteiger partial charge in [-0.3, -0.25) is 0 Å². The van der Waals surface area contributed by atoms with E-state index in [0.29, 0.717) is 11.7 Å². The molecule has 0 N–H and O–H groups in total. The second-order valence-corrected chi connectivity index (χ2v) is 15.5. The van der Waals surface area contributed by atoms with Gasteiger partial charge in [-0.1, -0.05) is 47.6 Å². The summed E-state index contributed by atoms with van der Waals surface area (Å²) in [5.74, 6) is -0.730. The van der Waals surface area contributed by atoms with Crippen LogP contribution in [0.4, 0.5) is 0 Å². The standard InChI is InChI=1S/C43H50O6/c1-28(13-18-38-41(3,4)47-38)9-7-11-30-15-16-31-21-23-43(27-32(31)25-30)48-39(42(5,6)49-43)19-14-29(2)10-8-12-33-34-17-20-40(44)46-37(34)26-36-35(33)22-24-45-36/h9-10,15-17,20-26,38-39H,7-8,11-14,18-19,27H2,1-6H3/b28-9+,29-10+/t38?,39?,43-/m0/s1. The van der Waals surface area contributed by atoms with E-state index in [0.717, 1.165) is 79.7 Å². The molecular weight excluding hydrogens is 612 g/mol. The maximum Gasteiger partial charge on any atom is 0.336 e. The fourth-order valence-corrected chi connectivity index (χ4v) is 7.76. The summed E-state index contributed by atoms with van der Waals surface area (Å²) in [6.07, 6.45) is 19.6. The molecule has 6 nitrogen and oxygen atoms in total. The van der Waals surface area contributed by atoms with Crippen LogP contribution in [0.15, 0.2) is 91.7 Å². The second-order valence-electron chi connectivity index (χ2n) is 15.5. The van der Waals surface area contributed by atoms with Crippen molar-refractivity contribution in [1.29, 1.82) is 0 Å². The molecule has 3 atom stereocenters. The summed E-state index contributed by atoms with van der Waals surface area (Å²) in [6.45, 7) is 13.1. The van der Waals surface area contributed by atoms with E-state index < -0.39 is 11.4 Å². The molecule has 2 fully saturated rings. The molecule has 258 valence electrons. The first-order valence-electron chi connectivity index (χ1n) is 18.0. The highest BCUT2D eigenvalue weighted by molar-refractivity contribution is 5.97. The molecule has 2 aliphatic heterocycles. The van der Waals surface area contributed by atoms with E-state index in [9.17, 15) is 4.79 Å². The Balaban J connectivity index is 0.939. The minimum Gasteiger partial charge on any atom is -0.464 e. The minimum absolute atomic E-state index is 0.0171. The van der Waals surface area contributed by atoms with E-state index in [1.165, 1.54) is 33.9 Å². The van der Waals surface area contributed by atoms with Gasteiger partial charge >= 0.3 is 5.63 Å². The molecule has 49 heavy (non-hydrogen) atoms. The Bertz CT molecular complexity index is 2000. The van der Waals surface area contributed by atoms with Crippen LogP contribution >= 0.6 is 0 Å². The van der Waals surface area contributed by atoms with E-state index in [1.54, 1.807) is 6.26 Å². The number of aryl methyl sites for hydroxylation is 2. The van der Waals surface area contributed by atoms with Gasteiger partial charge in [0.05, 0.1) is 29.7 Å². The van der Waals surface area contributed by atoms with E-state index in [-0.39, 0.29) is 17.3 Å². The Morgan fingerprint density at radius 2 is 1.51 bits per heavy atom. The largest absolute Gasteiger partial charge is 0.464 e. The molecule has 2 saturated heterocycles. The highest BCUT2D eigenvalue weighted by atomic mass is 16.8. The normalized spacial score (nSPS) is 24.3. The van der Waals surface area contributed by atoms with Gasteiger partial charge in [0.2, 0.25) is 0 Å². The van der Waals surface area contributed by atoms with E-state index in [4.69, 9.17) is 23.0 Å². The predicted molar refractivity (Wildman–Crippen MR) is 196 cm³/mol. The molecule has 3 aliphatic rings. The smallest absolute Gasteiger partial charge is 0.336 e. The van der Waals surface area contributed by atoms with E-state index >= 15 is 0 Å². The molecule has 0 saturated carbocycles. The van der Waals surface area contributed by atoms with Crippen molar-refractivity contribution in [3.8, 4) is 0 Å². The van der Waals surface area contributed by atoms with Crippen LogP contribution in [0.3, 0.4) is 0 Å². The number of ether oxygens (including phenoxy) is 3. The van der Waals surface area contributed by atoms with Gasteiger partial charge in [-0.2, -0.15) is 0 Å². The minimum atomic E-state index is -0.730. The van der Waals surface area contributed by atoms with Gasteiger partial charge in [-0.25, -0.2) is 4.79 Å². The number of fused-ring (bicyclic) bond motifs is 3. The molecule has 1 aliphatic carbocycles. The quantitative estimate of drug-likeness (QED) is 0.0854. The monoisotopic (exact) mass is 662 g/mol. The lowest BCUT2D eigenvalue weighted by Crippen LogP contribution is -2.35. The maximum absolute atomic E-state index is 11.8. The third kappa shape index (κ3) is 7.42. The Labute approximate surface area is 289 Å². The van der Waals surface area contributed by atoms with Crippen molar-refractivity contribution in [2.75, 3.05) is 0 Å². The lowest BCUT2D eigenvalue weighted by Gasteiger charge is -2.30. The summed E-state index contributed by atoms with van der Waals surface area (Å²) < 4.78 is 30.4. The van der Waals surface area contributed by atoms with Crippen molar-refractivity contribution in [2.45, 2.75) is 129 Å². The first-order chi connectivity index (χ1) is 23.4. The average molecular weight is 663 g/mol. The molecule has 0 amide bonds. The Kier molecular flexibility index (Phi) is 9.10. The average Bonchev–Trinajstić information content (AvgIpc) is 3.31. The third-order valence-corrected chi connectivity index (χ3v) is 10.8. The fraction of sp³-hybridized carbons (Fsp3) is 0.465. The van der Waals surface area contributed by atoms with Gasteiger partial charge in [0.15, 0.2) is 5.79 Å². The molecule has 0 bridgehead atoms. The number of hydrogen-bond donors (Lipinski definition) is 0. The van der Waals surface area contributed by atoms with Crippen molar-refractivity contribution in [3.05, 3.63) is 111 Å². The van der Waals surface area contributed by atoms with Gasteiger partial charge in [-0.05, 0) is 133 Å². The molecule has 2 aromatic heterocycles. The first kappa shape index (κ1) is 33.8. The topological polar surface area (TPSA) is 74.3 Å². The molecule has 2 unspecified atom stereocenters. The number of allylic oxidation sites excluding steroid dienone is 4. The van der Waals surface area contributed by atoms with Gasteiger partial charge in [0, 0.05) is 29.3 Å². The van der Waals surface area contributed by atoms with E-state index in [2.05, 4.69) is 84.0 Å². The zero-order valence-electron chi connectivity index (χ0n) is 29.9. The molecule has 2 aromatic carbocycles. The van der Waals surface area contributed by atoms with Crippen LogP contribution in [0.2, 0.25) is 0 Å². The van der Waals surface area contributed by atoms with Crippen LogP contribution in [0.5, 0.6) is 0 Å².